The van der Waals surface area contributed by atoms with E-state index < -0.39 is 0 Å². The van der Waals surface area contributed by atoms with Crippen LogP contribution in [-0.4, -0.2) is 15.7 Å². The summed E-state index contributed by atoms with van der Waals surface area (Å²) in [5, 5.41) is 8.66. The molecule has 27 heavy (non-hydrogen) atoms. The Bertz CT molecular complexity index is 920. The van der Waals surface area contributed by atoms with Crippen molar-refractivity contribution in [3.8, 4) is 0 Å². The topological polar surface area (TPSA) is 34.9 Å². The summed E-state index contributed by atoms with van der Waals surface area (Å²) in [4.78, 5) is 14.3. The van der Waals surface area contributed by atoms with Crippen LogP contribution in [0.2, 0.25) is 4.34 Å². The molecule has 0 amide bonds. The van der Waals surface area contributed by atoms with Gasteiger partial charge >= 0.3 is 0 Å². The summed E-state index contributed by atoms with van der Waals surface area (Å²) in [5.41, 5.74) is 2.87. The van der Waals surface area contributed by atoms with Gasteiger partial charge in [0.15, 0.2) is 0 Å². The minimum absolute atomic E-state index is 0.0267. The molecule has 3 heterocycles. The van der Waals surface area contributed by atoms with E-state index >= 15 is 0 Å². The summed E-state index contributed by atoms with van der Waals surface area (Å²) < 4.78 is 2.45. The highest BCUT2D eigenvalue weighted by Crippen LogP contribution is 2.38. The predicted molar refractivity (Wildman–Crippen MR) is 113 cm³/mol. The normalized spacial score (nSPS) is 16.5. The van der Waals surface area contributed by atoms with Crippen LogP contribution in [0, 0.1) is 0 Å². The second kappa shape index (κ2) is 7.90. The number of aryl methyl sites for hydroxylation is 2. The first kappa shape index (κ1) is 18.9. The first-order valence-corrected chi connectivity index (χ1v) is 11.6. The number of thiophene rings is 2. The molecule has 0 radical (unpaired) electrons. The minimum Gasteiger partial charge on any atom is -0.267 e. The average molecular weight is 419 g/mol. The molecule has 0 unspecified atom stereocenters. The van der Waals surface area contributed by atoms with Crippen LogP contribution in [0.3, 0.4) is 0 Å². The van der Waals surface area contributed by atoms with E-state index in [1.165, 1.54) is 24.1 Å². The summed E-state index contributed by atoms with van der Waals surface area (Å²) in [7, 11) is 0. The molecule has 1 fully saturated rings. The van der Waals surface area contributed by atoms with Gasteiger partial charge in [-0.2, -0.15) is 16.4 Å². The molecule has 1 aliphatic rings. The highest BCUT2D eigenvalue weighted by Gasteiger charge is 2.32. The van der Waals surface area contributed by atoms with Crippen LogP contribution in [0.4, 0.5) is 0 Å². The number of rotatable bonds is 5. The van der Waals surface area contributed by atoms with Gasteiger partial charge in [0, 0.05) is 21.4 Å². The third kappa shape index (κ3) is 4.05. The van der Waals surface area contributed by atoms with Gasteiger partial charge in [-0.05, 0) is 55.3 Å². The lowest BCUT2D eigenvalue weighted by Crippen LogP contribution is -2.26. The molecule has 0 bridgehead atoms. The molecule has 142 valence electrons. The van der Waals surface area contributed by atoms with Crippen molar-refractivity contribution in [1.29, 1.82) is 0 Å². The fraction of sp³-hybridized carbons (Fsp3) is 0.429. The number of carbonyl (C=O) groups excluding carboxylic acids is 1. The van der Waals surface area contributed by atoms with Gasteiger partial charge in [0.05, 0.1) is 15.6 Å². The zero-order chi connectivity index (χ0) is 18.9. The molecule has 0 aliphatic heterocycles. The average Bonchev–Trinajstić information content (AvgIpc) is 3.41. The fourth-order valence-corrected chi connectivity index (χ4v) is 5.62. The highest BCUT2D eigenvalue weighted by atomic mass is 35.5. The van der Waals surface area contributed by atoms with E-state index in [4.69, 9.17) is 16.7 Å². The molecule has 0 N–H and O–H groups in total. The van der Waals surface area contributed by atoms with E-state index in [2.05, 4.69) is 19.1 Å². The van der Waals surface area contributed by atoms with Crippen molar-refractivity contribution in [1.82, 2.24) is 9.78 Å². The van der Waals surface area contributed by atoms with E-state index in [0.29, 0.717) is 5.56 Å². The van der Waals surface area contributed by atoms with Gasteiger partial charge in [0.25, 0.3) is 5.91 Å². The van der Waals surface area contributed by atoms with Crippen molar-refractivity contribution in [2.75, 3.05) is 0 Å². The molecule has 1 aliphatic carbocycles. The van der Waals surface area contributed by atoms with E-state index in [0.717, 1.165) is 41.4 Å². The Morgan fingerprint density at radius 2 is 2.04 bits per heavy atom. The number of hydrogen-bond donors (Lipinski definition) is 0. The van der Waals surface area contributed by atoms with Crippen molar-refractivity contribution in [3.05, 3.63) is 61.2 Å². The molecule has 3 nitrogen and oxygen atoms in total. The van der Waals surface area contributed by atoms with Gasteiger partial charge in [-0.15, -0.1) is 11.3 Å². The van der Waals surface area contributed by atoms with E-state index in [1.807, 2.05) is 22.9 Å². The number of carbonyl (C=O) groups is 1. The van der Waals surface area contributed by atoms with Crippen molar-refractivity contribution >= 4 is 40.2 Å². The quantitative estimate of drug-likeness (QED) is 0.483. The summed E-state index contributed by atoms with van der Waals surface area (Å²) in [6, 6.07) is 8.05. The van der Waals surface area contributed by atoms with Crippen LogP contribution >= 0.6 is 34.3 Å². The zero-order valence-electron chi connectivity index (χ0n) is 15.4. The zero-order valence-corrected chi connectivity index (χ0v) is 17.8. The lowest BCUT2D eigenvalue weighted by Gasteiger charge is -2.31. The van der Waals surface area contributed by atoms with Crippen LogP contribution < -0.4 is 0 Å². The van der Waals surface area contributed by atoms with Gasteiger partial charge in [-0.3, -0.25) is 4.79 Å². The first-order chi connectivity index (χ1) is 13.0. The minimum atomic E-state index is -0.0267. The maximum atomic E-state index is 13.0. The number of halogens is 1. The molecule has 3 aromatic heterocycles. The molecular weight excluding hydrogens is 396 g/mol. The maximum Gasteiger partial charge on any atom is 0.279 e. The predicted octanol–water partition coefficient (Wildman–Crippen LogP) is 6.36. The Morgan fingerprint density at radius 3 is 2.70 bits per heavy atom. The Kier molecular flexibility index (Phi) is 5.53. The van der Waals surface area contributed by atoms with Crippen LogP contribution in [0.1, 0.15) is 65.7 Å². The molecule has 0 atom stereocenters. The highest BCUT2D eigenvalue weighted by molar-refractivity contribution is 7.16. The van der Waals surface area contributed by atoms with Gasteiger partial charge in [-0.25, -0.2) is 4.68 Å². The van der Waals surface area contributed by atoms with Crippen molar-refractivity contribution < 1.29 is 4.79 Å². The molecule has 3 aromatic rings. The summed E-state index contributed by atoms with van der Waals surface area (Å²) in [6.45, 7) is 2.30. The Hall–Kier alpha value is -1.43. The molecule has 0 aromatic carbocycles. The van der Waals surface area contributed by atoms with Gasteiger partial charge < -0.3 is 0 Å². The molecule has 0 spiro atoms. The molecule has 0 saturated heterocycles. The number of aromatic nitrogens is 2. The molecule has 1 saturated carbocycles. The number of hydrogen-bond acceptors (Lipinski definition) is 4. The van der Waals surface area contributed by atoms with Gasteiger partial charge in [-0.1, -0.05) is 37.8 Å². The molecule has 6 heteroatoms. The van der Waals surface area contributed by atoms with E-state index in [1.54, 1.807) is 27.4 Å². The Labute approximate surface area is 173 Å². The van der Waals surface area contributed by atoms with E-state index in [-0.39, 0.29) is 11.3 Å². The lowest BCUT2D eigenvalue weighted by atomic mass is 9.73. The first-order valence-electron chi connectivity index (χ1n) is 9.46. The standard InChI is InChI=1S/C21H23ClN2OS2/c1-21(10-3-2-4-11-21)18-13-16(5-6-17-7-8-19(22)27-17)24(23-18)20(25)15-9-12-26-14-15/h7-9,12-14H,2-6,10-11H2,1H3. The van der Waals surface area contributed by atoms with E-state index in [9.17, 15) is 4.79 Å². The SMILES string of the molecule is CC1(c2cc(CCc3ccc(Cl)s3)n(C(=O)c3ccsc3)n2)CCCCC1. The number of nitrogens with zero attached hydrogens (tertiary/aromatic N) is 2. The van der Waals surface area contributed by atoms with Crippen molar-refractivity contribution in [2.45, 2.75) is 57.3 Å². The monoisotopic (exact) mass is 418 g/mol. The second-order valence-electron chi connectivity index (χ2n) is 7.58. The second-order valence-corrected chi connectivity index (χ2v) is 10.2. The van der Waals surface area contributed by atoms with Crippen molar-refractivity contribution in [3.63, 3.8) is 0 Å². The smallest absolute Gasteiger partial charge is 0.267 e. The largest absolute Gasteiger partial charge is 0.279 e. The summed E-state index contributed by atoms with van der Waals surface area (Å²) in [6.07, 6.45) is 7.74. The Balaban J connectivity index is 1.65. The summed E-state index contributed by atoms with van der Waals surface area (Å²) >= 11 is 9.21. The van der Waals surface area contributed by atoms with Gasteiger partial charge in [0.2, 0.25) is 0 Å². The Morgan fingerprint density at radius 1 is 1.22 bits per heavy atom. The fourth-order valence-electron chi connectivity index (χ4n) is 3.90. The lowest BCUT2D eigenvalue weighted by molar-refractivity contribution is 0.0940. The van der Waals surface area contributed by atoms with Crippen LogP contribution in [0.5, 0.6) is 0 Å². The molecular formula is C21H23ClN2OS2. The van der Waals surface area contributed by atoms with Crippen LogP contribution in [0.15, 0.2) is 35.0 Å². The van der Waals surface area contributed by atoms with Crippen LogP contribution in [0.25, 0.3) is 0 Å². The molecule has 4 rings (SSSR count). The van der Waals surface area contributed by atoms with Crippen molar-refractivity contribution in [2.24, 2.45) is 0 Å². The third-order valence-electron chi connectivity index (χ3n) is 5.58. The van der Waals surface area contributed by atoms with Crippen LogP contribution in [-0.2, 0) is 18.3 Å². The third-order valence-corrected chi connectivity index (χ3v) is 7.55. The maximum absolute atomic E-state index is 13.0. The summed E-state index contributed by atoms with van der Waals surface area (Å²) in [5.74, 6) is -0.0267. The van der Waals surface area contributed by atoms with Gasteiger partial charge in [0.1, 0.15) is 0 Å².